The summed E-state index contributed by atoms with van der Waals surface area (Å²) in [5.74, 6) is -0.915. The molecule has 138 valence electrons. The molecule has 2 aromatic rings. The molecule has 0 aromatic heterocycles. The van der Waals surface area contributed by atoms with Crippen LogP contribution in [-0.4, -0.2) is 25.2 Å². The normalized spacial score (nSPS) is 10.8. The van der Waals surface area contributed by atoms with Crippen LogP contribution >= 0.6 is 0 Å². The molecule has 0 aliphatic carbocycles. The van der Waals surface area contributed by atoms with Gasteiger partial charge in [-0.25, -0.2) is 0 Å². The van der Waals surface area contributed by atoms with Gasteiger partial charge in [0.05, 0.1) is 13.2 Å². The van der Waals surface area contributed by atoms with E-state index in [1.165, 1.54) is 0 Å². The summed E-state index contributed by atoms with van der Waals surface area (Å²) in [6, 6.07) is 19.9. The summed E-state index contributed by atoms with van der Waals surface area (Å²) in [5, 5.41) is 0. The highest BCUT2D eigenvalue weighted by molar-refractivity contribution is 5.73. The fraction of sp³-hybridized carbons (Fsp3) is 0.364. The summed E-state index contributed by atoms with van der Waals surface area (Å²) >= 11 is 0. The van der Waals surface area contributed by atoms with Crippen molar-refractivity contribution in [3.63, 3.8) is 0 Å². The van der Waals surface area contributed by atoms with Crippen molar-refractivity contribution in [3.8, 4) is 0 Å². The number of hydrogen-bond donors (Lipinski definition) is 0. The maximum absolute atomic E-state index is 12.2. The molecule has 0 spiro atoms. The molecule has 2 aromatic carbocycles. The molecular formula is C22H26O4. The van der Waals surface area contributed by atoms with E-state index in [9.17, 15) is 9.59 Å². The van der Waals surface area contributed by atoms with Gasteiger partial charge in [-0.1, -0.05) is 60.7 Å². The average Bonchev–Trinajstić information content (AvgIpc) is 2.64. The largest absolute Gasteiger partial charge is 0.466 e. The summed E-state index contributed by atoms with van der Waals surface area (Å²) < 4.78 is 10.3. The summed E-state index contributed by atoms with van der Waals surface area (Å²) in [7, 11) is 0. The molecule has 0 unspecified atom stereocenters. The van der Waals surface area contributed by atoms with Gasteiger partial charge in [0.15, 0.2) is 0 Å². The lowest BCUT2D eigenvalue weighted by atomic mass is 9.77. The maximum atomic E-state index is 12.2. The fourth-order valence-corrected chi connectivity index (χ4v) is 3.23. The Bertz CT molecular complexity index is 622. The molecule has 0 aliphatic heterocycles. The van der Waals surface area contributed by atoms with E-state index in [0.717, 1.165) is 11.1 Å². The molecule has 4 nitrogen and oxygen atoms in total. The highest BCUT2D eigenvalue weighted by atomic mass is 16.5. The van der Waals surface area contributed by atoms with E-state index in [-0.39, 0.29) is 36.6 Å². The van der Waals surface area contributed by atoms with Crippen molar-refractivity contribution in [3.05, 3.63) is 71.8 Å². The SMILES string of the molecule is CCOC(=O)CC(CC(=O)OCC)C(c1ccccc1)c1ccccc1. The minimum Gasteiger partial charge on any atom is -0.466 e. The second-order valence-corrected chi connectivity index (χ2v) is 6.08. The molecule has 0 heterocycles. The topological polar surface area (TPSA) is 52.6 Å². The number of carbonyl (C=O) groups excluding carboxylic acids is 2. The first-order valence-electron chi connectivity index (χ1n) is 9.06. The third-order valence-corrected chi connectivity index (χ3v) is 4.26. The summed E-state index contributed by atoms with van der Waals surface area (Å²) in [4.78, 5) is 24.4. The van der Waals surface area contributed by atoms with Gasteiger partial charge in [0.25, 0.3) is 0 Å². The quantitative estimate of drug-likeness (QED) is 0.629. The van der Waals surface area contributed by atoms with E-state index in [4.69, 9.17) is 9.47 Å². The van der Waals surface area contributed by atoms with Gasteiger partial charge >= 0.3 is 11.9 Å². The Kier molecular flexibility index (Phi) is 7.87. The van der Waals surface area contributed by atoms with Crippen LogP contribution in [0.4, 0.5) is 0 Å². The average molecular weight is 354 g/mol. The lowest BCUT2D eigenvalue weighted by Gasteiger charge is -2.27. The van der Waals surface area contributed by atoms with Crippen LogP contribution < -0.4 is 0 Å². The van der Waals surface area contributed by atoms with E-state index in [0.29, 0.717) is 13.2 Å². The van der Waals surface area contributed by atoms with Crippen LogP contribution in [0.15, 0.2) is 60.7 Å². The molecule has 0 saturated carbocycles. The smallest absolute Gasteiger partial charge is 0.306 e. The summed E-state index contributed by atoms with van der Waals surface area (Å²) in [6.45, 7) is 4.22. The van der Waals surface area contributed by atoms with Crippen molar-refractivity contribution in [2.24, 2.45) is 5.92 Å². The van der Waals surface area contributed by atoms with E-state index in [1.54, 1.807) is 13.8 Å². The molecule has 0 bridgehead atoms. The van der Waals surface area contributed by atoms with E-state index >= 15 is 0 Å². The Morgan fingerprint density at radius 3 is 1.46 bits per heavy atom. The Morgan fingerprint density at radius 2 is 1.12 bits per heavy atom. The van der Waals surface area contributed by atoms with Crippen molar-refractivity contribution in [1.29, 1.82) is 0 Å². The number of carbonyl (C=O) groups is 2. The van der Waals surface area contributed by atoms with Gasteiger partial charge in [0.2, 0.25) is 0 Å². The molecule has 0 atom stereocenters. The number of ether oxygens (including phenoxy) is 2. The van der Waals surface area contributed by atoms with Gasteiger partial charge in [-0.05, 0) is 30.9 Å². The van der Waals surface area contributed by atoms with Gasteiger partial charge in [-0.2, -0.15) is 0 Å². The Hall–Kier alpha value is -2.62. The maximum Gasteiger partial charge on any atom is 0.306 e. The molecule has 0 aliphatic rings. The molecule has 2 rings (SSSR count). The fourth-order valence-electron chi connectivity index (χ4n) is 3.23. The van der Waals surface area contributed by atoms with Crippen molar-refractivity contribution in [2.75, 3.05) is 13.2 Å². The van der Waals surface area contributed by atoms with Gasteiger partial charge in [-0.15, -0.1) is 0 Å². The standard InChI is InChI=1S/C22H26O4/c1-3-25-20(23)15-19(16-21(24)26-4-2)22(17-11-7-5-8-12-17)18-13-9-6-10-14-18/h5-14,19,22H,3-4,15-16H2,1-2H3. The monoisotopic (exact) mass is 354 g/mol. The van der Waals surface area contributed by atoms with Crippen molar-refractivity contribution >= 4 is 11.9 Å². The van der Waals surface area contributed by atoms with Crippen LogP contribution in [0.5, 0.6) is 0 Å². The van der Waals surface area contributed by atoms with Crippen molar-refractivity contribution in [1.82, 2.24) is 0 Å². The van der Waals surface area contributed by atoms with E-state index < -0.39 is 0 Å². The molecule has 0 amide bonds. The zero-order chi connectivity index (χ0) is 18.8. The number of esters is 2. The third kappa shape index (κ3) is 5.73. The van der Waals surface area contributed by atoms with Gasteiger partial charge in [-0.3, -0.25) is 9.59 Å². The Labute approximate surface area is 155 Å². The first-order valence-corrected chi connectivity index (χ1v) is 9.06. The number of rotatable bonds is 9. The van der Waals surface area contributed by atoms with Crippen LogP contribution in [0.25, 0.3) is 0 Å². The van der Waals surface area contributed by atoms with Crippen LogP contribution in [0.2, 0.25) is 0 Å². The van der Waals surface area contributed by atoms with Gasteiger partial charge < -0.3 is 9.47 Å². The predicted octanol–water partition coefficient (Wildman–Crippen LogP) is 4.34. The van der Waals surface area contributed by atoms with E-state index in [2.05, 4.69) is 0 Å². The zero-order valence-corrected chi connectivity index (χ0v) is 15.4. The lowest BCUT2D eigenvalue weighted by Crippen LogP contribution is -2.23. The third-order valence-electron chi connectivity index (χ3n) is 4.26. The first-order chi connectivity index (χ1) is 12.7. The summed E-state index contributed by atoms with van der Waals surface area (Å²) in [6.07, 6.45) is 0.336. The minimum atomic E-state index is -0.293. The number of benzene rings is 2. The van der Waals surface area contributed by atoms with Gasteiger partial charge in [0, 0.05) is 18.8 Å². The molecular weight excluding hydrogens is 328 g/mol. The molecule has 0 radical (unpaired) electrons. The minimum absolute atomic E-state index is 0.0915. The van der Waals surface area contributed by atoms with Crippen LogP contribution in [0.3, 0.4) is 0 Å². The molecule has 4 heteroatoms. The molecule has 0 saturated heterocycles. The van der Waals surface area contributed by atoms with Crippen LogP contribution in [0, 0.1) is 5.92 Å². The van der Waals surface area contributed by atoms with Crippen molar-refractivity contribution < 1.29 is 19.1 Å². The highest BCUT2D eigenvalue weighted by Gasteiger charge is 2.30. The lowest BCUT2D eigenvalue weighted by molar-refractivity contribution is -0.147. The van der Waals surface area contributed by atoms with Crippen LogP contribution in [-0.2, 0) is 19.1 Å². The molecule has 0 N–H and O–H groups in total. The van der Waals surface area contributed by atoms with E-state index in [1.807, 2.05) is 60.7 Å². The predicted molar refractivity (Wildman–Crippen MR) is 101 cm³/mol. The number of hydrogen-bond acceptors (Lipinski definition) is 4. The summed E-state index contributed by atoms with van der Waals surface area (Å²) in [5.41, 5.74) is 2.13. The zero-order valence-electron chi connectivity index (χ0n) is 15.4. The molecule has 26 heavy (non-hydrogen) atoms. The highest BCUT2D eigenvalue weighted by Crippen LogP contribution is 2.36. The van der Waals surface area contributed by atoms with Gasteiger partial charge in [0.1, 0.15) is 0 Å². The Balaban J connectivity index is 2.39. The second-order valence-electron chi connectivity index (χ2n) is 6.08. The second kappa shape index (κ2) is 10.4. The molecule has 0 fully saturated rings. The van der Waals surface area contributed by atoms with Crippen LogP contribution in [0.1, 0.15) is 43.7 Å². The first kappa shape index (κ1) is 19.7. The van der Waals surface area contributed by atoms with Crippen molar-refractivity contribution in [2.45, 2.75) is 32.6 Å². The Morgan fingerprint density at radius 1 is 0.731 bits per heavy atom.